The van der Waals surface area contributed by atoms with Gasteiger partial charge in [-0.2, -0.15) is 0 Å². The minimum Gasteiger partial charge on any atom is -0.467 e. The number of aliphatic hydroxyl groups is 4. The fourth-order valence-electron chi connectivity index (χ4n) is 7.40. The van der Waals surface area contributed by atoms with Gasteiger partial charge in [0.25, 0.3) is 0 Å². The Morgan fingerprint density at radius 3 is 2.51 bits per heavy atom. The van der Waals surface area contributed by atoms with Gasteiger partial charge in [-0.05, 0) is 61.2 Å². The molecule has 11 atom stereocenters. The quantitative estimate of drug-likeness (QED) is 0.338. The van der Waals surface area contributed by atoms with Gasteiger partial charge in [-0.3, -0.25) is 0 Å². The summed E-state index contributed by atoms with van der Waals surface area (Å²) in [5.41, 5.74) is 1.00. The zero-order valence-electron chi connectivity index (χ0n) is 21.4. The molecule has 4 N–H and O–H groups in total. The molecule has 35 heavy (non-hydrogen) atoms. The lowest BCUT2D eigenvalue weighted by atomic mass is 9.45. The minimum absolute atomic E-state index is 0.000219. The number of hydrogen-bond acceptors (Lipinski definition) is 8. The number of rotatable bonds is 5. The Bertz CT molecular complexity index is 858. The summed E-state index contributed by atoms with van der Waals surface area (Å²) < 4.78 is 16.2. The Morgan fingerprint density at radius 1 is 1.14 bits per heavy atom. The van der Waals surface area contributed by atoms with Gasteiger partial charge in [0.1, 0.15) is 18.3 Å². The monoisotopic (exact) mass is 494 g/mol. The van der Waals surface area contributed by atoms with Crippen LogP contribution in [-0.2, 0) is 19.0 Å². The molecule has 3 aliphatic carbocycles. The lowest BCUT2D eigenvalue weighted by Crippen LogP contribution is -2.62. The highest BCUT2D eigenvalue weighted by atomic mass is 16.7. The van der Waals surface area contributed by atoms with Gasteiger partial charge in [0.15, 0.2) is 12.4 Å². The van der Waals surface area contributed by atoms with E-state index in [1.54, 1.807) is 0 Å². The molecule has 4 aliphatic rings. The molecule has 4 rings (SSSR count). The maximum Gasteiger partial charge on any atom is 0.337 e. The van der Waals surface area contributed by atoms with Gasteiger partial charge in [-0.25, -0.2) is 4.79 Å². The Hall–Kier alpha value is -1.29. The maximum absolute atomic E-state index is 12.0. The van der Waals surface area contributed by atoms with Gasteiger partial charge in [0.05, 0.1) is 19.8 Å². The van der Waals surface area contributed by atoms with Crippen LogP contribution in [0.5, 0.6) is 0 Å². The molecule has 2 saturated carbocycles. The van der Waals surface area contributed by atoms with Gasteiger partial charge in [0.2, 0.25) is 0 Å². The number of aliphatic hydroxyl groups excluding tert-OH is 4. The van der Waals surface area contributed by atoms with Crippen molar-refractivity contribution in [2.24, 2.45) is 28.1 Å². The number of fused-ring (bicyclic) bond motifs is 3. The Labute approximate surface area is 208 Å². The third-order valence-corrected chi connectivity index (χ3v) is 9.84. The highest BCUT2D eigenvalue weighted by Gasteiger charge is 2.59. The molecule has 0 aromatic rings. The first-order valence-electron chi connectivity index (χ1n) is 12.8. The molecule has 1 heterocycles. The topological polar surface area (TPSA) is 126 Å². The van der Waals surface area contributed by atoms with Crippen molar-refractivity contribution in [3.63, 3.8) is 0 Å². The summed E-state index contributed by atoms with van der Waals surface area (Å²) in [5, 5.41) is 42.1. The van der Waals surface area contributed by atoms with E-state index < -0.39 is 48.2 Å². The van der Waals surface area contributed by atoms with Gasteiger partial charge in [0, 0.05) is 5.41 Å². The van der Waals surface area contributed by atoms with E-state index in [2.05, 4.69) is 37.3 Å². The fraction of sp³-hybridized carbons (Fsp3) is 0.815. The number of esters is 1. The lowest BCUT2D eigenvalue weighted by Gasteiger charge is -2.61. The third-order valence-electron chi connectivity index (χ3n) is 9.84. The number of allylic oxidation sites excluding steroid dienone is 3. The van der Waals surface area contributed by atoms with E-state index >= 15 is 0 Å². The average Bonchev–Trinajstić information content (AvgIpc) is 2.84. The molecule has 0 amide bonds. The normalized spacial score (nSPS) is 49.9. The SMILES string of the molecule is C=C[C@@]1(C)CC[C@@H]2C(=CC[C@@H]3[C@]2(C)CC[C@H](O)[C@]3(C)CO[C@@H]2O[C@H](C(=O)OC)[C@@H](O)[C@@H](O)[C@@H]2O)C1. The van der Waals surface area contributed by atoms with E-state index in [-0.39, 0.29) is 23.4 Å². The van der Waals surface area contributed by atoms with E-state index in [4.69, 9.17) is 9.47 Å². The molecule has 3 fully saturated rings. The number of carbonyl (C=O) groups is 1. The van der Waals surface area contributed by atoms with Crippen LogP contribution in [0.15, 0.2) is 24.3 Å². The van der Waals surface area contributed by atoms with E-state index in [1.807, 2.05) is 6.92 Å². The van der Waals surface area contributed by atoms with Gasteiger partial charge >= 0.3 is 5.97 Å². The summed E-state index contributed by atoms with van der Waals surface area (Å²) in [6.07, 6.45) is 1.82. The molecule has 1 aliphatic heterocycles. The standard InChI is InChI=1S/C27H42O8/c1-6-25(2)11-9-16-15(13-25)7-8-17-26(16,3)12-10-18(28)27(17,4)14-34-24-21(31)19(29)20(30)22(35-24)23(32)33-5/h6-7,16-22,24,28-31H,1,8-14H2,2-5H3/t16-,17-,18+,19-,20+,21+,22+,24-,25+,26-,27-/m1/s1. The first-order chi connectivity index (χ1) is 16.4. The number of hydrogen-bond donors (Lipinski definition) is 4. The van der Waals surface area contributed by atoms with Crippen molar-refractivity contribution in [2.75, 3.05) is 13.7 Å². The molecular weight excluding hydrogens is 452 g/mol. The highest BCUT2D eigenvalue weighted by Crippen LogP contribution is 2.63. The smallest absolute Gasteiger partial charge is 0.337 e. The second-order valence-corrected chi connectivity index (χ2v) is 12.0. The van der Waals surface area contributed by atoms with Crippen molar-refractivity contribution in [1.29, 1.82) is 0 Å². The van der Waals surface area contributed by atoms with Gasteiger partial charge < -0.3 is 34.6 Å². The van der Waals surface area contributed by atoms with Gasteiger partial charge in [-0.1, -0.05) is 38.5 Å². The van der Waals surface area contributed by atoms with Crippen molar-refractivity contribution in [1.82, 2.24) is 0 Å². The maximum atomic E-state index is 12.0. The van der Waals surface area contributed by atoms with Crippen LogP contribution in [0, 0.1) is 28.1 Å². The molecule has 0 bridgehead atoms. The lowest BCUT2D eigenvalue weighted by molar-refractivity contribution is -0.306. The molecule has 1 saturated heterocycles. The first kappa shape index (κ1) is 26.8. The van der Waals surface area contributed by atoms with Crippen molar-refractivity contribution < 1.29 is 39.4 Å². The van der Waals surface area contributed by atoms with Crippen LogP contribution < -0.4 is 0 Å². The molecule has 0 spiro atoms. The number of ether oxygens (including phenoxy) is 3. The largest absolute Gasteiger partial charge is 0.467 e. The molecule has 0 unspecified atom stereocenters. The van der Waals surface area contributed by atoms with Crippen LogP contribution >= 0.6 is 0 Å². The molecular formula is C27H42O8. The zero-order valence-corrected chi connectivity index (χ0v) is 21.4. The van der Waals surface area contributed by atoms with E-state index in [9.17, 15) is 25.2 Å². The van der Waals surface area contributed by atoms with Crippen LogP contribution in [0.25, 0.3) is 0 Å². The summed E-state index contributed by atoms with van der Waals surface area (Å²) in [6, 6.07) is 0. The van der Waals surface area contributed by atoms with Crippen LogP contribution in [0.2, 0.25) is 0 Å². The van der Waals surface area contributed by atoms with Gasteiger partial charge in [-0.15, -0.1) is 6.58 Å². The van der Waals surface area contributed by atoms with E-state index in [0.717, 1.165) is 39.2 Å². The highest BCUT2D eigenvalue weighted by molar-refractivity contribution is 5.75. The van der Waals surface area contributed by atoms with Crippen molar-refractivity contribution >= 4 is 5.97 Å². The third kappa shape index (κ3) is 4.40. The van der Waals surface area contributed by atoms with Crippen molar-refractivity contribution in [3.8, 4) is 0 Å². The Kier molecular flexibility index (Phi) is 7.30. The summed E-state index contributed by atoms with van der Waals surface area (Å²) in [7, 11) is 1.15. The summed E-state index contributed by atoms with van der Waals surface area (Å²) >= 11 is 0. The molecule has 198 valence electrons. The van der Waals surface area contributed by atoms with E-state index in [1.165, 1.54) is 5.57 Å². The van der Waals surface area contributed by atoms with Crippen LogP contribution in [0.3, 0.4) is 0 Å². The van der Waals surface area contributed by atoms with E-state index in [0.29, 0.717) is 12.3 Å². The second-order valence-electron chi connectivity index (χ2n) is 12.0. The molecule has 0 radical (unpaired) electrons. The minimum atomic E-state index is -1.63. The molecule has 8 heteroatoms. The van der Waals surface area contributed by atoms with Crippen LogP contribution in [0.4, 0.5) is 0 Å². The molecule has 0 aromatic heterocycles. The van der Waals surface area contributed by atoms with Crippen molar-refractivity contribution in [2.45, 2.75) is 96.1 Å². The summed E-state index contributed by atoms with van der Waals surface area (Å²) in [6.45, 7) is 10.8. The average molecular weight is 495 g/mol. The predicted octanol–water partition coefficient (Wildman–Crippen LogP) is 2.09. The van der Waals surface area contributed by atoms with Crippen LogP contribution in [0.1, 0.15) is 59.3 Å². The molecule has 0 aromatic carbocycles. The summed E-state index contributed by atoms with van der Waals surface area (Å²) in [5.74, 6) is -0.270. The first-order valence-corrected chi connectivity index (χ1v) is 12.8. The molecule has 8 nitrogen and oxygen atoms in total. The Morgan fingerprint density at radius 2 is 1.86 bits per heavy atom. The van der Waals surface area contributed by atoms with Crippen molar-refractivity contribution in [3.05, 3.63) is 24.3 Å². The number of methoxy groups -OCH3 is 1. The summed E-state index contributed by atoms with van der Waals surface area (Å²) in [4.78, 5) is 12.0. The zero-order chi connectivity index (χ0) is 25.8. The number of carbonyl (C=O) groups excluding carboxylic acids is 1. The predicted molar refractivity (Wildman–Crippen MR) is 128 cm³/mol. The van der Waals surface area contributed by atoms with Crippen LogP contribution in [-0.4, -0.2) is 76.9 Å². The second kappa shape index (κ2) is 9.54. The Balaban J connectivity index is 1.55. The fourth-order valence-corrected chi connectivity index (χ4v) is 7.40.